The van der Waals surface area contributed by atoms with Crippen molar-refractivity contribution in [2.24, 2.45) is 0 Å². The maximum Gasteiger partial charge on any atom is 0.461 e. The lowest BCUT2D eigenvalue weighted by Gasteiger charge is -2.30. The van der Waals surface area contributed by atoms with Gasteiger partial charge in [-0.1, -0.05) is 0 Å². The van der Waals surface area contributed by atoms with E-state index in [-0.39, 0.29) is 16.4 Å². The van der Waals surface area contributed by atoms with Crippen LogP contribution in [0.15, 0.2) is 40.1 Å². The number of imidazole rings is 1. The van der Waals surface area contributed by atoms with E-state index in [1.54, 1.807) is 6.20 Å². The molecule has 6 nitrogen and oxygen atoms in total. The largest absolute Gasteiger partial charge is 0.461 e. The smallest absolute Gasteiger partial charge is 0.428 e. The summed E-state index contributed by atoms with van der Waals surface area (Å²) in [6.07, 6.45) is -3.47. The van der Waals surface area contributed by atoms with Gasteiger partial charge in [-0.05, 0) is 53.4 Å². The molecule has 1 fully saturated rings. The zero-order valence-corrected chi connectivity index (χ0v) is 19.1. The minimum atomic E-state index is -4.61. The molecule has 1 atom stereocenters. The van der Waals surface area contributed by atoms with Gasteiger partial charge in [-0.3, -0.25) is 9.19 Å². The Morgan fingerprint density at radius 1 is 1.22 bits per heavy atom. The van der Waals surface area contributed by atoms with Crippen molar-refractivity contribution in [3.8, 4) is 5.75 Å². The number of H-pyrrole nitrogens is 1. The first-order chi connectivity index (χ1) is 15.2. The first-order valence-electron chi connectivity index (χ1n) is 9.86. The second-order valence-electron chi connectivity index (χ2n) is 7.31. The lowest BCUT2D eigenvalue weighted by molar-refractivity contribution is -0.253. The Labute approximate surface area is 192 Å². The quantitative estimate of drug-likeness (QED) is 0.419. The summed E-state index contributed by atoms with van der Waals surface area (Å²) in [6, 6.07) is 5.46. The molecule has 1 N–H and O–H groups in total. The molecule has 172 valence electrons. The third-order valence-corrected chi connectivity index (χ3v) is 7.09. The number of ether oxygens (including phenoxy) is 1. The highest BCUT2D eigenvalue weighted by molar-refractivity contribution is 9.10. The Morgan fingerprint density at radius 3 is 2.69 bits per heavy atom. The number of hydrogen-bond donors (Lipinski definition) is 1. The second kappa shape index (κ2) is 9.34. The topological polar surface area (TPSA) is 71.1 Å². The first-order valence-corrected chi connectivity index (χ1v) is 12.0. The Balaban J connectivity index is 1.53. The van der Waals surface area contributed by atoms with Gasteiger partial charge in [-0.25, -0.2) is 4.98 Å². The summed E-state index contributed by atoms with van der Waals surface area (Å²) >= 11 is 3.58. The number of halogens is 5. The van der Waals surface area contributed by atoms with E-state index in [2.05, 4.69) is 40.5 Å². The molecular weight excluding hydrogens is 516 g/mol. The molecular formula is C20H19BrF4N4O2S. The lowest BCUT2D eigenvalue weighted by atomic mass is 10.1. The summed E-state index contributed by atoms with van der Waals surface area (Å²) in [6.45, 7) is 1.90. The average molecular weight is 535 g/mol. The summed E-state index contributed by atoms with van der Waals surface area (Å²) in [7, 11) is -1.61. The molecule has 1 saturated heterocycles. The highest BCUT2D eigenvalue weighted by Gasteiger charge is 2.44. The Morgan fingerprint density at radius 2 is 1.97 bits per heavy atom. The van der Waals surface area contributed by atoms with Gasteiger partial charge in [0, 0.05) is 25.4 Å². The maximum absolute atomic E-state index is 13.2. The number of hydrogen-bond acceptors (Lipinski definition) is 5. The fourth-order valence-corrected chi connectivity index (χ4v) is 5.32. The zero-order chi connectivity index (χ0) is 22.9. The van der Waals surface area contributed by atoms with Crippen molar-refractivity contribution in [3.63, 3.8) is 0 Å². The van der Waals surface area contributed by atoms with E-state index < -0.39 is 29.1 Å². The molecule has 0 radical (unpaired) electrons. The number of aromatic nitrogens is 3. The van der Waals surface area contributed by atoms with Crippen molar-refractivity contribution in [1.82, 2.24) is 15.0 Å². The predicted octanol–water partition coefficient (Wildman–Crippen LogP) is 5.26. The van der Waals surface area contributed by atoms with E-state index in [0.29, 0.717) is 11.2 Å². The van der Waals surface area contributed by atoms with Crippen LogP contribution in [0.3, 0.4) is 0 Å². The van der Waals surface area contributed by atoms with Gasteiger partial charge in [0.2, 0.25) is 0 Å². The Kier molecular flexibility index (Phi) is 6.70. The van der Waals surface area contributed by atoms with Crippen LogP contribution in [-0.4, -0.2) is 44.8 Å². The Bertz CT molecular complexity index is 1140. The molecule has 0 saturated carbocycles. The number of fused-ring (bicyclic) bond motifs is 1. The van der Waals surface area contributed by atoms with Crippen molar-refractivity contribution in [1.29, 1.82) is 0 Å². The zero-order valence-electron chi connectivity index (χ0n) is 16.7. The van der Waals surface area contributed by atoms with Crippen LogP contribution in [0.25, 0.3) is 11.0 Å². The molecule has 4 rings (SSSR count). The van der Waals surface area contributed by atoms with Gasteiger partial charge in [0.15, 0.2) is 5.16 Å². The van der Waals surface area contributed by atoms with Crippen LogP contribution in [0.1, 0.15) is 25.0 Å². The number of aromatic amines is 1. The maximum atomic E-state index is 13.2. The molecule has 1 aliphatic heterocycles. The molecule has 1 aliphatic rings. The third-order valence-electron chi connectivity index (χ3n) is 5.06. The van der Waals surface area contributed by atoms with Crippen molar-refractivity contribution in [3.05, 3.63) is 40.6 Å². The monoisotopic (exact) mass is 534 g/mol. The van der Waals surface area contributed by atoms with E-state index in [9.17, 15) is 21.8 Å². The third kappa shape index (κ3) is 4.90. The molecule has 1 aromatic carbocycles. The van der Waals surface area contributed by atoms with Crippen LogP contribution in [0.4, 0.5) is 23.2 Å². The summed E-state index contributed by atoms with van der Waals surface area (Å²) in [4.78, 5) is 13.6. The van der Waals surface area contributed by atoms with Crippen LogP contribution in [0, 0.1) is 0 Å². The fraction of sp³-hybridized carbons (Fsp3) is 0.400. The number of rotatable bonds is 7. The van der Waals surface area contributed by atoms with Crippen LogP contribution < -0.4 is 9.64 Å². The van der Waals surface area contributed by atoms with E-state index in [4.69, 9.17) is 0 Å². The highest BCUT2D eigenvalue weighted by Crippen LogP contribution is 2.32. The standard InChI is InChI=1S/C20H19BrF4N4O2S/c21-17-15(26-7-6-16(17)29-8-2-1-3-9-29)11-32(30)19-27-13-5-4-12(10-14(13)28-19)31-20(24,25)18(22)23/h4-7,10,18H,1-3,8-9,11H2,(H,27,28). The van der Waals surface area contributed by atoms with Gasteiger partial charge in [0.25, 0.3) is 0 Å². The summed E-state index contributed by atoms with van der Waals surface area (Å²) in [5.74, 6) is -0.378. The van der Waals surface area contributed by atoms with E-state index in [1.165, 1.54) is 12.5 Å². The number of piperidine rings is 1. The van der Waals surface area contributed by atoms with Crippen LogP contribution in [0.5, 0.6) is 5.75 Å². The van der Waals surface area contributed by atoms with Crippen LogP contribution in [0.2, 0.25) is 0 Å². The van der Waals surface area contributed by atoms with Crippen molar-refractivity contribution in [2.75, 3.05) is 18.0 Å². The minimum absolute atomic E-state index is 0.0783. The second-order valence-corrected chi connectivity index (χ2v) is 9.47. The number of nitrogens with zero attached hydrogens (tertiary/aromatic N) is 3. The lowest BCUT2D eigenvalue weighted by Crippen LogP contribution is -2.33. The molecule has 0 bridgehead atoms. The summed E-state index contributed by atoms with van der Waals surface area (Å²) < 4.78 is 68.8. The van der Waals surface area contributed by atoms with Crippen LogP contribution in [-0.2, 0) is 16.6 Å². The molecule has 12 heteroatoms. The average Bonchev–Trinajstić information content (AvgIpc) is 3.19. The van der Waals surface area contributed by atoms with Gasteiger partial charge < -0.3 is 14.6 Å². The molecule has 0 aliphatic carbocycles. The number of anilines is 1. The van der Waals surface area contributed by atoms with E-state index >= 15 is 0 Å². The highest BCUT2D eigenvalue weighted by atomic mass is 79.9. The SMILES string of the molecule is O=S(Cc1nccc(N2CCCCC2)c1Br)c1nc2ccc(OC(F)(F)C(F)F)cc2[nH]1. The molecule has 3 heterocycles. The van der Waals surface area contributed by atoms with Gasteiger partial charge in [0.1, 0.15) is 5.75 Å². The van der Waals surface area contributed by atoms with E-state index in [1.807, 2.05) is 6.07 Å². The van der Waals surface area contributed by atoms with Crippen molar-refractivity contribution < 1.29 is 26.5 Å². The number of pyridine rings is 1. The molecule has 2 aromatic heterocycles. The van der Waals surface area contributed by atoms with E-state index in [0.717, 1.165) is 48.2 Å². The van der Waals surface area contributed by atoms with Crippen molar-refractivity contribution in [2.45, 2.75) is 42.7 Å². The van der Waals surface area contributed by atoms with Crippen molar-refractivity contribution >= 4 is 43.5 Å². The first kappa shape index (κ1) is 23.0. The molecule has 0 spiro atoms. The molecule has 32 heavy (non-hydrogen) atoms. The Hall–Kier alpha value is -2.21. The number of nitrogens with one attached hydrogen (secondary N) is 1. The number of benzene rings is 1. The normalized spacial score (nSPS) is 16.0. The minimum Gasteiger partial charge on any atom is -0.428 e. The van der Waals surface area contributed by atoms with Crippen LogP contribution >= 0.6 is 15.9 Å². The molecule has 0 amide bonds. The van der Waals surface area contributed by atoms with Gasteiger partial charge in [-0.2, -0.15) is 17.6 Å². The van der Waals surface area contributed by atoms with Gasteiger partial charge in [0.05, 0.1) is 43.4 Å². The summed E-state index contributed by atoms with van der Waals surface area (Å²) in [5.41, 5.74) is 2.19. The number of alkyl halides is 4. The fourth-order valence-electron chi connectivity index (χ4n) is 3.49. The molecule has 1 unspecified atom stereocenters. The van der Waals surface area contributed by atoms with Gasteiger partial charge in [-0.15, -0.1) is 0 Å². The predicted molar refractivity (Wildman–Crippen MR) is 116 cm³/mol. The van der Waals surface area contributed by atoms with Gasteiger partial charge >= 0.3 is 12.5 Å². The summed E-state index contributed by atoms with van der Waals surface area (Å²) in [5, 5.41) is 0.120. The molecule has 3 aromatic rings.